The third kappa shape index (κ3) is 5.88. The van der Waals surface area contributed by atoms with E-state index in [0.717, 1.165) is 11.1 Å². The van der Waals surface area contributed by atoms with Crippen LogP contribution in [0.15, 0.2) is 60.3 Å². The summed E-state index contributed by atoms with van der Waals surface area (Å²) < 4.78 is 31.9. The number of hydrogen-bond acceptors (Lipinski definition) is 4. The Hall–Kier alpha value is -2.02. The lowest BCUT2D eigenvalue weighted by molar-refractivity contribution is 0.187. The molecule has 0 aliphatic heterocycles. The van der Waals surface area contributed by atoms with E-state index in [2.05, 4.69) is 4.98 Å². The maximum atomic E-state index is 12.7. The van der Waals surface area contributed by atoms with Gasteiger partial charge >= 0.3 is 0 Å². The Morgan fingerprint density at radius 1 is 1.12 bits per heavy atom. The zero-order chi connectivity index (χ0) is 17.3. The second kappa shape index (κ2) is 9.32. The lowest BCUT2D eigenvalue weighted by Gasteiger charge is -2.20. The minimum atomic E-state index is -3.52. The van der Waals surface area contributed by atoms with Crippen LogP contribution in [0.3, 0.4) is 0 Å². The van der Waals surface area contributed by atoms with Gasteiger partial charge in [-0.15, -0.1) is 0 Å². The van der Waals surface area contributed by atoms with Crippen molar-refractivity contribution < 1.29 is 13.2 Å². The summed E-state index contributed by atoms with van der Waals surface area (Å²) in [7, 11) is -1.91. The van der Waals surface area contributed by atoms with Crippen LogP contribution in [0.5, 0.6) is 0 Å². The molecular formula is C18H22N2O3S. The van der Waals surface area contributed by atoms with E-state index in [1.165, 1.54) is 9.71 Å². The summed E-state index contributed by atoms with van der Waals surface area (Å²) in [4.78, 5) is 3.96. The molecule has 0 aliphatic carbocycles. The van der Waals surface area contributed by atoms with Crippen molar-refractivity contribution in [2.45, 2.75) is 13.0 Å². The van der Waals surface area contributed by atoms with E-state index in [4.69, 9.17) is 4.74 Å². The number of nitrogens with zero attached hydrogens (tertiary/aromatic N) is 2. The van der Waals surface area contributed by atoms with Gasteiger partial charge in [-0.3, -0.25) is 4.98 Å². The largest absolute Gasteiger partial charge is 0.385 e. The van der Waals surface area contributed by atoms with Crippen molar-refractivity contribution in [3.8, 4) is 0 Å². The van der Waals surface area contributed by atoms with Gasteiger partial charge in [0, 0.05) is 44.6 Å². The van der Waals surface area contributed by atoms with Crippen molar-refractivity contribution in [1.29, 1.82) is 0 Å². The number of benzene rings is 1. The van der Waals surface area contributed by atoms with Gasteiger partial charge in [0.25, 0.3) is 0 Å². The molecule has 2 aromatic rings. The SMILES string of the molecule is COCCCN(Cc1ccncc1)S(=O)(=O)C=Cc1ccccc1. The second-order valence-electron chi connectivity index (χ2n) is 5.29. The highest BCUT2D eigenvalue weighted by Crippen LogP contribution is 2.13. The lowest BCUT2D eigenvalue weighted by Crippen LogP contribution is -2.30. The quantitative estimate of drug-likeness (QED) is 0.655. The van der Waals surface area contributed by atoms with Crippen LogP contribution in [-0.4, -0.2) is 38.0 Å². The summed E-state index contributed by atoms with van der Waals surface area (Å²) in [6.45, 7) is 1.23. The summed E-state index contributed by atoms with van der Waals surface area (Å²) in [5.74, 6) is 0. The molecule has 0 fully saturated rings. The van der Waals surface area contributed by atoms with Crippen molar-refractivity contribution in [3.63, 3.8) is 0 Å². The van der Waals surface area contributed by atoms with Crippen LogP contribution >= 0.6 is 0 Å². The number of pyridine rings is 1. The fourth-order valence-corrected chi connectivity index (χ4v) is 3.40. The van der Waals surface area contributed by atoms with Gasteiger partial charge < -0.3 is 4.74 Å². The smallest absolute Gasteiger partial charge is 0.236 e. The molecule has 0 amide bonds. The van der Waals surface area contributed by atoms with Gasteiger partial charge in [0.05, 0.1) is 0 Å². The fraction of sp³-hybridized carbons (Fsp3) is 0.278. The van der Waals surface area contributed by atoms with E-state index in [0.29, 0.717) is 26.1 Å². The van der Waals surface area contributed by atoms with Crippen LogP contribution in [0.1, 0.15) is 17.5 Å². The van der Waals surface area contributed by atoms with E-state index in [-0.39, 0.29) is 0 Å². The van der Waals surface area contributed by atoms with E-state index >= 15 is 0 Å². The third-order valence-corrected chi connectivity index (χ3v) is 4.97. The summed E-state index contributed by atoms with van der Waals surface area (Å²) in [5.41, 5.74) is 1.75. The van der Waals surface area contributed by atoms with Crippen LogP contribution in [0.25, 0.3) is 6.08 Å². The molecule has 1 heterocycles. The Labute approximate surface area is 143 Å². The van der Waals surface area contributed by atoms with E-state index in [9.17, 15) is 8.42 Å². The van der Waals surface area contributed by atoms with Crippen LogP contribution in [-0.2, 0) is 21.3 Å². The highest BCUT2D eigenvalue weighted by atomic mass is 32.2. The highest BCUT2D eigenvalue weighted by molar-refractivity contribution is 7.92. The van der Waals surface area contributed by atoms with Gasteiger partial charge in [-0.05, 0) is 35.8 Å². The van der Waals surface area contributed by atoms with Crippen molar-refractivity contribution in [1.82, 2.24) is 9.29 Å². The van der Waals surface area contributed by atoms with Crippen LogP contribution in [0.2, 0.25) is 0 Å². The molecule has 0 N–H and O–H groups in total. The molecule has 6 heteroatoms. The topological polar surface area (TPSA) is 59.5 Å². The normalized spacial score (nSPS) is 12.1. The van der Waals surface area contributed by atoms with Crippen molar-refractivity contribution in [2.75, 3.05) is 20.3 Å². The molecule has 0 unspecified atom stereocenters. The third-order valence-electron chi connectivity index (χ3n) is 3.46. The molecule has 24 heavy (non-hydrogen) atoms. The molecule has 0 aliphatic rings. The zero-order valence-electron chi connectivity index (χ0n) is 13.7. The summed E-state index contributed by atoms with van der Waals surface area (Å²) in [5, 5.41) is 1.26. The van der Waals surface area contributed by atoms with Crippen molar-refractivity contribution in [2.24, 2.45) is 0 Å². The van der Waals surface area contributed by atoms with Crippen LogP contribution in [0, 0.1) is 0 Å². The fourth-order valence-electron chi connectivity index (χ4n) is 2.19. The molecule has 0 saturated heterocycles. The summed E-state index contributed by atoms with van der Waals surface area (Å²) in [6.07, 6.45) is 5.58. The number of sulfonamides is 1. The monoisotopic (exact) mass is 346 g/mol. The van der Waals surface area contributed by atoms with E-state index in [1.807, 2.05) is 42.5 Å². The standard InChI is InChI=1S/C18H22N2O3S/c1-23-14-5-13-20(16-18-8-11-19-12-9-18)24(21,22)15-10-17-6-3-2-4-7-17/h2-4,6-12,15H,5,13-14,16H2,1H3. The minimum absolute atomic E-state index is 0.313. The Bertz CT molecular complexity index is 731. The first-order valence-corrected chi connectivity index (χ1v) is 9.23. The molecule has 1 aromatic heterocycles. The molecule has 5 nitrogen and oxygen atoms in total. The first kappa shape index (κ1) is 18.3. The molecule has 1 aromatic carbocycles. The maximum Gasteiger partial charge on any atom is 0.236 e. The molecule has 0 spiro atoms. The Morgan fingerprint density at radius 3 is 2.50 bits per heavy atom. The van der Waals surface area contributed by atoms with Crippen molar-refractivity contribution >= 4 is 16.1 Å². The minimum Gasteiger partial charge on any atom is -0.385 e. The molecule has 0 radical (unpaired) electrons. The number of aromatic nitrogens is 1. The van der Waals surface area contributed by atoms with E-state index < -0.39 is 10.0 Å². The molecule has 0 saturated carbocycles. The highest BCUT2D eigenvalue weighted by Gasteiger charge is 2.19. The molecule has 0 atom stereocenters. The van der Waals surface area contributed by atoms with Gasteiger partial charge in [-0.25, -0.2) is 8.42 Å². The van der Waals surface area contributed by atoms with Crippen LogP contribution in [0.4, 0.5) is 0 Å². The lowest BCUT2D eigenvalue weighted by atomic mass is 10.2. The molecule has 0 bridgehead atoms. The average molecular weight is 346 g/mol. The van der Waals surface area contributed by atoms with Gasteiger partial charge in [-0.1, -0.05) is 30.3 Å². The first-order valence-electron chi connectivity index (χ1n) is 7.73. The van der Waals surface area contributed by atoms with Gasteiger partial charge in [0.15, 0.2) is 0 Å². The Balaban J connectivity index is 2.15. The average Bonchev–Trinajstić information content (AvgIpc) is 2.61. The molecule has 2 rings (SSSR count). The maximum absolute atomic E-state index is 12.7. The molecular weight excluding hydrogens is 324 g/mol. The predicted octanol–water partition coefficient (Wildman–Crippen LogP) is 2.92. The Morgan fingerprint density at radius 2 is 1.83 bits per heavy atom. The van der Waals surface area contributed by atoms with Crippen molar-refractivity contribution in [3.05, 3.63) is 71.4 Å². The Kier molecular flexibility index (Phi) is 7.11. The number of methoxy groups -OCH3 is 1. The van der Waals surface area contributed by atoms with Gasteiger partial charge in [0.2, 0.25) is 10.0 Å². The number of ether oxygens (including phenoxy) is 1. The molecule has 128 valence electrons. The van der Waals surface area contributed by atoms with Crippen LogP contribution < -0.4 is 0 Å². The van der Waals surface area contributed by atoms with E-state index in [1.54, 1.807) is 25.6 Å². The van der Waals surface area contributed by atoms with Gasteiger partial charge in [-0.2, -0.15) is 4.31 Å². The first-order chi connectivity index (χ1) is 11.6. The number of rotatable bonds is 9. The summed E-state index contributed by atoms with van der Waals surface area (Å²) in [6, 6.07) is 13.0. The predicted molar refractivity (Wildman–Crippen MR) is 95.5 cm³/mol. The number of hydrogen-bond donors (Lipinski definition) is 0. The zero-order valence-corrected chi connectivity index (χ0v) is 14.5. The second-order valence-corrected chi connectivity index (χ2v) is 7.11. The summed E-state index contributed by atoms with van der Waals surface area (Å²) >= 11 is 0. The van der Waals surface area contributed by atoms with Gasteiger partial charge in [0.1, 0.15) is 0 Å².